The lowest BCUT2D eigenvalue weighted by Gasteiger charge is -2.34. The third kappa shape index (κ3) is 4.26. The van der Waals surface area contributed by atoms with Crippen molar-refractivity contribution in [3.05, 3.63) is 46.8 Å². The van der Waals surface area contributed by atoms with Crippen LogP contribution < -0.4 is 11.1 Å². The zero-order valence-corrected chi connectivity index (χ0v) is 17.3. The van der Waals surface area contributed by atoms with E-state index in [0.29, 0.717) is 35.5 Å². The average Bonchev–Trinajstić information content (AvgIpc) is 3.09. The fourth-order valence-corrected chi connectivity index (χ4v) is 5.97. The summed E-state index contributed by atoms with van der Waals surface area (Å²) in [6, 6.07) is 7.36. The summed E-state index contributed by atoms with van der Waals surface area (Å²) >= 11 is 1.19. The Morgan fingerprint density at radius 2 is 1.71 bits per heavy atom. The maximum atomic E-state index is 12.9. The number of nitrogens with one attached hydrogen (secondary N) is 1. The molecule has 1 aliphatic rings. The van der Waals surface area contributed by atoms with Crippen LogP contribution in [-0.2, 0) is 10.0 Å². The largest absolute Gasteiger partial charge is 0.366 e. The number of thiophene rings is 1. The van der Waals surface area contributed by atoms with Crippen LogP contribution >= 0.6 is 11.3 Å². The lowest BCUT2D eigenvalue weighted by molar-refractivity contribution is 0.100. The van der Waals surface area contributed by atoms with Crippen molar-refractivity contribution in [2.45, 2.75) is 25.2 Å². The van der Waals surface area contributed by atoms with Gasteiger partial charge in [0.1, 0.15) is 5.00 Å². The first-order valence-corrected chi connectivity index (χ1v) is 11.3. The predicted molar refractivity (Wildman–Crippen MR) is 109 cm³/mol. The second kappa shape index (κ2) is 8.02. The molecule has 7 nitrogen and oxygen atoms in total. The first-order valence-electron chi connectivity index (χ1n) is 8.97. The van der Waals surface area contributed by atoms with Gasteiger partial charge in [-0.2, -0.15) is 4.31 Å². The van der Waals surface area contributed by atoms with Gasteiger partial charge in [-0.1, -0.05) is 13.8 Å². The number of nitrogens with two attached hydrogens (primary N) is 1. The van der Waals surface area contributed by atoms with Gasteiger partial charge >= 0.3 is 0 Å². The minimum atomic E-state index is -3.60. The smallest absolute Gasteiger partial charge is 0.256 e. The number of benzene rings is 1. The van der Waals surface area contributed by atoms with E-state index in [2.05, 4.69) is 19.2 Å². The quantitative estimate of drug-likeness (QED) is 0.773. The maximum absolute atomic E-state index is 12.9. The number of hydrogen-bond acceptors (Lipinski definition) is 5. The Bertz CT molecular complexity index is 973. The van der Waals surface area contributed by atoms with Crippen molar-refractivity contribution in [3.8, 4) is 0 Å². The molecule has 3 rings (SSSR count). The molecule has 1 saturated heterocycles. The number of piperidine rings is 1. The van der Waals surface area contributed by atoms with Crippen LogP contribution in [0.4, 0.5) is 5.00 Å². The summed E-state index contributed by atoms with van der Waals surface area (Å²) in [5, 5.41) is 4.67. The number of rotatable bonds is 5. The van der Waals surface area contributed by atoms with Gasteiger partial charge < -0.3 is 11.1 Å². The molecule has 28 heavy (non-hydrogen) atoms. The third-order valence-corrected chi connectivity index (χ3v) is 7.42. The summed E-state index contributed by atoms with van der Waals surface area (Å²) < 4.78 is 27.3. The zero-order valence-electron chi connectivity index (χ0n) is 15.7. The van der Waals surface area contributed by atoms with Crippen LogP contribution in [0, 0.1) is 11.8 Å². The molecule has 3 N–H and O–H groups in total. The molecule has 2 amide bonds. The van der Waals surface area contributed by atoms with E-state index < -0.39 is 21.8 Å². The van der Waals surface area contributed by atoms with Crippen molar-refractivity contribution in [1.29, 1.82) is 0 Å². The van der Waals surface area contributed by atoms with E-state index in [4.69, 9.17) is 5.73 Å². The fourth-order valence-electron chi connectivity index (χ4n) is 3.50. The van der Waals surface area contributed by atoms with Crippen LogP contribution in [0.25, 0.3) is 0 Å². The second-order valence-electron chi connectivity index (χ2n) is 7.27. The molecule has 0 radical (unpaired) electrons. The number of primary amides is 1. The molecule has 0 unspecified atom stereocenters. The SMILES string of the molecule is C[C@H]1C[C@H](C)CN(S(=O)(=O)c2ccc(C(=O)Nc3sccc3C(N)=O)cc2)C1. The van der Waals surface area contributed by atoms with Gasteiger partial charge in [-0.15, -0.1) is 11.3 Å². The average molecular weight is 422 g/mol. The van der Waals surface area contributed by atoms with Gasteiger partial charge in [-0.3, -0.25) is 9.59 Å². The molecule has 2 heterocycles. The van der Waals surface area contributed by atoms with E-state index >= 15 is 0 Å². The molecular formula is C19H23N3O4S2. The van der Waals surface area contributed by atoms with E-state index in [-0.39, 0.29) is 10.5 Å². The Hall–Kier alpha value is -2.23. The van der Waals surface area contributed by atoms with E-state index in [1.165, 1.54) is 39.9 Å². The third-order valence-electron chi connectivity index (χ3n) is 4.75. The number of carbonyl (C=O) groups is 2. The first kappa shape index (κ1) is 20.5. The Labute approximate surface area is 168 Å². The zero-order chi connectivity index (χ0) is 20.5. The van der Waals surface area contributed by atoms with Crippen LogP contribution in [0.2, 0.25) is 0 Å². The van der Waals surface area contributed by atoms with Crippen LogP contribution in [0.15, 0.2) is 40.6 Å². The van der Waals surface area contributed by atoms with Gasteiger partial charge in [0, 0.05) is 18.7 Å². The summed E-state index contributed by atoms with van der Waals surface area (Å²) in [6.07, 6.45) is 1.02. The Morgan fingerprint density at radius 3 is 2.29 bits per heavy atom. The molecule has 0 bridgehead atoms. The van der Waals surface area contributed by atoms with Crippen molar-refractivity contribution in [2.24, 2.45) is 17.6 Å². The number of amides is 2. The molecule has 1 fully saturated rings. The van der Waals surface area contributed by atoms with Gasteiger partial charge in [0.15, 0.2) is 0 Å². The molecule has 1 aromatic carbocycles. The van der Waals surface area contributed by atoms with Crippen molar-refractivity contribution in [2.75, 3.05) is 18.4 Å². The molecule has 2 aromatic rings. The van der Waals surface area contributed by atoms with Gasteiger partial charge in [0.2, 0.25) is 10.0 Å². The molecule has 0 saturated carbocycles. The molecule has 0 aliphatic carbocycles. The fraction of sp³-hybridized carbons (Fsp3) is 0.368. The minimum Gasteiger partial charge on any atom is -0.366 e. The lowest BCUT2D eigenvalue weighted by Crippen LogP contribution is -2.42. The highest BCUT2D eigenvalue weighted by molar-refractivity contribution is 7.89. The van der Waals surface area contributed by atoms with E-state index in [9.17, 15) is 18.0 Å². The number of anilines is 1. The number of nitrogens with zero attached hydrogens (tertiary/aromatic N) is 1. The number of hydrogen-bond donors (Lipinski definition) is 2. The van der Waals surface area contributed by atoms with Gasteiger partial charge in [-0.05, 0) is 54.0 Å². The van der Waals surface area contributed by atoms with Crippen LogP contribution in [0.5, 0.6) is 0 Å². The maximum Gasteiger partial charge on any atom is 0.256 e. The van der Waals surface area contributed by atoms with Crippen molar-refractivity contribution in [3.63, 3.8) is 0 Å². The highest BCUT2D eigenvalue weighted by Crippen LogP contribution is 2.27. The molecule has 150 valence electrons. The van der Waals surface area contributed by atoms with Crippen LogP contribution in [0.3, 0.4) is 0 Å². The second-order valence-corrected chi connectivity index (χ2v) is 10.1. The number of sulfonamides is 1. The normalized spacial score (nSPS) is 20.6. The van der Waals surface area contributed by atoms with Crippen molar-refractivity contribution < 1.29 is 18.0 Å². The molecule has 2 atom stereocenters. The number of carbonyl (C=O) groups excluding carboxylic acids is 2. The highest BCUT2D eigenvalue weighted by Gasteiger charge is 2.31. The summed E-state index contributed by atoms with van der Waals surface area (Å²) in [5.74, 6) is -0.431. The first-order chi connectivity index (χ1) is 13.2. The molecule has 9 heteroatoms. The molecular weight excluding hydrogens is 398 g/mol. The van der Waals surface area contributed by atoms with Crippen molar-refractivity contribution >= 4 is 38.2 Å². The Kier molecular flexibility index (Phi) is 5.87. The van der Waals surface area contributed by atoms with Crippen molar-refractivity contribution in [1.82, 2.24) is 4.31 Å². The summed E-state index contributed by atoms with van der Waals surface area (Å²) in [5.41, 5.74) is 5.81. The summed E-state index contributed by atoms with van der Waals surface area (Å²) in [7, 11) is -3.60. The Morgan fingerprint density at radius 1 is 1.11 bits per heavy atom. The van der Waals surface area contributed by atoms with Crippen LogP contribution in [-0.4, -0.2) is 37.6 Å². The van der Waals surface area contributed by atoms with E-state index in [1.807, 2.05) is 0 Å². The van der Waals surface area contributed by atoms with Crippen LogP contribution in [0.1, 0.15) is 41.0 Å². The molecule has 1 aromatic heterocycles. The predicted octanol–water partition coefficient (Wildman–Crippen LogP) is 2.77. The van der Waals surface area contributed by atoms with Gasteiger partial charge in [0.05, 0.1) is 10.5 Å². The van der Waals surface area contributed by atoms with E-state index in [1.54, 1.807) is 11.4 Å². The Balaban J connectivity index is 1.76. The van der Waals surface area contributed by atoms with Gasteiger partial charge in [-0.25, -0.2) is 8.42 Å². The molecule has 0 spiro atoms. The summed E-state index contributed by atoms with van der Waals surface area (Å²) in [4.78, 5) is 23.9. The lowest BCUT2D eigenvalue weighted by atomic mass is 9.94. The van der Waals surface area contributed by atoms with Gasteiger partial charge in [0.25, 0.3) is 11.8 Å². The minimum absolute atomic E-state index is 0.166. The molecule has 1 aliphatic heterocycles. The highest BCUT2D eigenvalue weighted by atomic mass is 32.2. The topological polar surface area (TPSA) is 110 Å². The summed E-state index contributed by atoms with van der Waals surface area (Å²) in [6.45, 7) is 5.11. The monoisotopic (exact) mass is 421 g/mol. The standard InChI is InChI=1S/C19H23N3O4S2/c1-12-9-13(2)11-22(10-12)28(25,26)15-5-3-14(4-6-15)18(24)21-19-16(17(20)23)7-8-27-19/h3-8,12-13H,9-11H2,1-2H3,(H2,20,23)(H,21,24)/t12-,13-/m0/s1. The van der Waals surface area contributed by atoms with E-state index in [0.717, 1.165) is 6.42 Å².